The molecule has 9 heteroatoms. The van der Waals surface area contributed by atoms with E-state index in [1.807, 2.05) is 0 Å². The van der Waals surface area contributed by atoms with Crippen LogP contribution in [0.4, 0.5) is 15.8 Å². The Hall–Kier alpha value is -2.26. The minimum absolute atomic E-state index is 0.00348. The number of nitrogens with zero attached hydrogens (tertiary/aromatic N) is 1. The molecule has 0 aromatic heterocycles. The molecule has 0 aliphatic rings. The zero-order valence-electron chi connectivity index (χ0n) is 10.5. The lowest BCUT2D eigenvalue weighted by atomic mass is 10.1. The van der Waals surface area contributed by atoms with E-state index in [2.05, 4.69) is 10.1 Å². The highest BCUT2D eigenvalue weighted by molar-refractivity contribution is 5.90. The summed E-state index contributed by atoms with van der Waals surface area (Å²) in [5, 5.41) is 31.4. The predicted molar refractivity (Wildman–Crippen MR) is 66.4 cm³/mol. The summed E-state index contributed by atoms with van der Waals surface area (Å²) in [5.41, 5.74) is -1.60. The summed E-state index contributed by atoms with van der Waals surface area (Å²) in [5.74, 6) is -2.71. The SMILES string of the molecule is COCC(O)CNc1cc(F)c(C(=O)O)cc1[N+](=O)[O-]. The minimum atomic E-state index is -1.60. The Kier molecular flexibility index (Phi) is 5.35. The number of carboxylic acid groups (broad SMARTS) is 1. The number of nitro groups is 1. The molecule has 0 aliphatic heterocycles. The van der Waals surface area contributed by atoms with E-state index in [0.29, 0.717) is 12.1 Å². The predicted octanol–water partition coefficient (Wildman–Crippen LogP) is 0.851. The van der Waals surface area contributed by atoms with Crippen molar-refractivity contribution in [1.82, 2.24) is 0 Å². The smallest absolute Gasteiger partial charge is 0.338 e. The van der Waals surface area contributed by atoms with Gasteiger partial charge in [0.05, 0.1) is 17.6 Å². The van der Waals surface area contributed by atoms with Crippen LogP contribution in [0.3, 0.4) is 0 Å². The Morgan fingerprint density at radius 3 is 2.75 bits per heavy atom. The largest absolute Gasteiger partial charge is 0.478 e. The van der Waals surface area contributed by atoms with Crippen molar-refractivity contribution in [2.45, 2.75) is 6.10 Å². The van der Waals surface area contributed by atoms with Crippen molar-refractivity contribution >= 4 is 17.3 Å². The number of carbonyl (C=O) groups is 1. The molecular formula is C11H13FN2O6. The average molecular weight is 288 g/mol. The van der Waals surface area contributed by atoms with Crippen LogP contribution in [0.5, 0.6) is 0 Å². The molecule has 0 spiro atoms. The summed E-state index contributed by atoms with van der Waals surface area (Å²) < 4.78 is 18.2. The summed E-state index contributed by atoms with van der Waals surface area (Å²) in [4.78, 5) is 20.7. The topological polar surface area (TPSA) is 122 Å². The fourth-order valence-corrected chi connectivity index (χ4v) is 1.50. The fraction of sp³-hybridized carbons (Fsp3) is 0.364. The number of benzene rings is 1. The van der Waals surface area contributed by atoms with E-state index in [0.717, 1.165) is 0 Å². The number of carboxylic acids is 1. The quantitative estimate of drug-likeness (QED) is 0.502. The highest BCUT2D eigenvalue weighted by atomic mass is 19.1. The number of hydrogen-bond acceptors (Lipinski definition) is 6. The van der Waals surface area contributed by atoms with Gasteiger partial charge in [0.1, 0.15) is 17.1 Å². The third-order valence-corrected chi connectivity index (χ3v) is 2.40. The normalized spacial score (nSPS) is 11.9. The number of nitro benzene ring substituents is 1. The molecule has 110 valence electrons. The Balaban J connectivity index is 3.03. The van der Waals surface area contributed by atoms with Crippen LogP contribution in [-0.2, 0) is 4.74 Å². The molecule has 0 heterocycles. The summed E-state index contributed by atoms with van der Waals surface area (Å²) in [6.07, 6.45) is -0.943. The van der Waals surface area contributed by atoms with Gasteiger partial charge in [0.25, 0.3) is 5.69 Å². The number of aromatic carboxylic acids is 1. The Bertz CT molecular complexity index is 522. The number of halogens is 1. The summed E-state index contributed by atoms with van der Waals surface area (Å²) >= 11 is 0. The lowest BCUT2D eigenvalue weighted by Crippen LogP contribution is -2.24. The van der Waals surface area contributed by atoms with Gasteiger partial charge in [0, 0.05) is 25.8 Å². The number of methoxy groups -OCH3 is 1. The van der Waals surface area contributed by atoms with Gasteiger partial charge in [-0.15, -0.1) is 0 Å². The van der Waals surface area contributed by atoms with Gasteiger partial charge in [0.15, 0.2) is 0 Å². The van der Waals surface area contributed by atoms with Crippen molar-refractivity contribution in [3.05, 3.63) is 33.6 Å². The zero-order valence-corrected chi connectivity index (χ0v) is 10.5. The van der Waals surface area contributed by atoms with Crippen LogP contribution in [0, 0.1) is 15.9 Å². The summed E-state index contributed by atoms with van der Waals surface area (Å²) in [6, 6.07) is 1.34. The van der Waals surface area contributed by atoms with Gasteiger partial charge in [-0.3, -0.25) is 10.1 Å². The highest BCUT2D eigenvalue weighted by Gasteiger charge is 2.22. The Labute approximate surface area is 112 Å². The average Bonchev–Trinajstić information content (AvgIpc) is 2.35. The van der Waals surface area contributed by atoms with Gasteiger partial charge >= 0.3 is 5.97 Å². The third-order valence-electron chi connectivity index (χ3n) is 2.40. The van der Waals surface area contributed by atoms with Gasteiger partial charge in [0.2, 0.25) is 0 Å². The molecule has 0 saturated carbocycles. The molecule has 0 bridgehead atoms. The van der Waals surface area contributed by atoms with E-state index in [1.54, 1.807) is 0 Å². The molecule has 3 N–H and O–H groups in total. The van der Waals surface area contributed by atoms with Crippen LogP contribution in [0.25, 0.3) is 0 Å². The van der Waals surface area contributed by atoms with Gasteiger partial charge in [-0.1, -0.05) is 0 Å². The molecule has 8 nitrogen and oxygen atoms in total. The van der Waals surface area contributed by atoms with Crippen LogP contribution in [-0.4, -0.2) is 47.5 Å². The third kappa shape index (κ3) is 3.87. The molecular weight excluding hydrogens is 275 g/mol. The molecule has 1 aromatic carbocycles. The first-order valence-electron chi connectivity index (χ1n) is 5.49. The zero-order chi connectivity index (χ0) is 15.3. The second kappa shape index (κ2) is 6.78. The standard InChI is InChI=1S/C11H13FN2O6/c1-20-5-6(15)4-13-9-3-8(12)7(11(16)17)2-10(9)14(18)19/h2-3,6,13,15H,4-5H2,1H3,(H,16,17). The first-order chi connectivity index (χ1) is 9.36. The minimum Gasteiger partial charge on any atom is -0.478 e. The summed E-state index contributed by atoms with van der Waals surface area (Å²) in [6.45, 7) is -0.114. The van der Waals surface area contributed by atoms with E-state index in [-0.39, 0.29) is 18.8 Å². The number of nitrogens with one attached hydrogen (secondary N) is 1. The Morgan fingerprint density at radius 2 is 2.25 bits per heavy atom. The van der Waals surface area contributed by atoms with E-state index >= 15 is 0 Å². The van der Waals surface area contributed by atoms with Crippen molar-refractivity contribution < 1.29 is 29.1 Å². The van der Waals surface area contributed by atoms with Crippen molar-refractivity contribution in [3.63, 3.8) is 0 Å². The first kappa shape index (κ1) is 15.8. The molecule has 1 atom stereocenters. The maximum Gasteiger partial charge on any atom is 0.338 e. The van der Waals surface area contributed by atoms with E-state index < -0.39 is 34.1 Å². The molecule has 1 aromatic rings. The Morgan fingerprint density at radius 1 is 1.60 bits per heavy atom. The number of ether oxygens (including phenoxy) is 1. The van der Waals surface area contributed by atoms with Crippen molar-refractivity contribution in [3.8, 4) is 0 Å². The van der Waals surface area contributed by atoms with E-state index in [4.69, 9.17) is 5.11 Å². The molecule has 1 unspecified atom stereocenters. The van der Waals surface area contributed by atoms with Crippen LogP contribution in [0.15, 0.2) is 12.1 Å². The number of hydrogen-bond donors (Lipinski definition) is 3. The van der Waals surface area contributed by atoms with Crippen molar-refractivity contribution in [2.24, 2.45) is 0 Å². The van der Waals surface area contributed by atoms with Gasteiger partial charge in [-0.2, -0.15) is 0 Å². The van der Waals surface area contributed by atoms with Gasteiger partial charge in [-0.25, -0.2) is 9.18 Å². The molecule has 0 aliphatic carbocycles. The molecule has 20 heavy (non-hydrogen) atoms. The van der Waals surface area contributed by atoms with E-state index in [1.165, 1.54) is 7.11 Å². The summed E-state index contributed by atoms with van der Waals surface area (Å²) in [7, 11) is 1.37. The lowest BCUT2D eigenvalue weighted by molar-refractivity contribution is -0.384. The maximum absolute atomic E-state index is 13.5. The second-order valence-electron chi connectivity index (χ2n) is 3.90. The molecule has 0 radical (unpaired) electrons. The molecule has 0 amide bonds. The number of aliphatic hydroxyl groups excluding tert-OH is 1. The molecule has 1 rings (SSSR count). The molecule has 0 fully saturated rings. The fourth-order valence-electron chi connectivity index (χ4n) is 1.50. The first-order valence-corrected chi connectivity index (χ1v) is 5.49. The van der Waals surface area contributed by atoms with Crippen molar-refractivity contribution in [1.29, 1.82) is 0 Å². The van der Waals surface area contributed by atoms with Gasteiger partial charge in [-0.05, 0) is 0 Å². The number of rotatable bonds is 7. The van der Waals surface area contributed by atoms with Crippen LogP contribution >= 0.6 is 0 Å². The van der Waals surface area contributed by atoms with Crippen LogP contribution in [0.1, 0.15) is 10.4 Å². The van der Waals surface area contributed by atoms with Crippen molar-refractivity contribution in [2.75, 3.05) is 25.6 Å². The monoisotopic (exact) mass is 288 g/mol. The van der Waals surface area contributed by atoms with E-state index in [9.17, 15) is 24.4 Å². The number of aliphatic hydroxyl groups is 1. The van der Waals surface area contributed by atoms with Crippen LogP contribution in [0.2, 0.25) is 0 Å². The van der Waals surface area contributed by atoms with Gasteiger partial charge < -0.3 is 20.3 Å². The maximum atomic E-state index is 13.5. The second-order valence-corrected chi connectivity index (χ2v) is 3.90. The highest BCUT2D eigenvalue weighted by Crippen LogP contribution is 2.27. The molecule has 0 saturated heterocycles. The van der Waals surface area contributed by atoms with Crippen LogP contribution < -0.4 is 5.32 Å². The number of anilines is 1. The lowest BCUT2D eigenvalue weighted by Gasteiger charge is -2.12.